The number of allylic oxidation sites excluding steroid dienone is 1. The average Bonchev–Trinajstić information content (AvgIpc) is 3.39. The number of esters is 1. The van der Waals surface area contributed by atoms with Crippen molar-refractivity contribution >= 4 is 44.9 Å². The first-order valence-corrected chi connectivity index (χ1v) is 15.3. The molecular formula is C29H31ClF3N3O6S. The molecule has 0 fully saturated rings. The predicted molar refractivity (Wildman–Crippen MR) is 156 cm³/mol. The van der Waals surface area contributed by atoms with E-state index in [4.69, 9.17) is 25.8 Å². The van der Waals surface area contributed by atoms with Gasteiger partial charge in [0.1, 0.15) is 11.9 Å². The normalized spacial score (nSPS) is 15.6. The number of anilines is 1. The topological polar surface area (TPSA) is 100.0 Å². The number of aromatic nitrogens is 2. The smallest absolute Gasteiger partial charge is 0.417 e. The van der Waals surface area contributed by atoms with Crippen LogP contribution < -0.4 is 13.8 Å². The minimum atomic E-state index is -4.63. The van der Waals surface area contributed by atoms with Gasteiger partial charge in [-0.05, 0) is 62.6 Å². The maximum Gasteiger partial charge on any atom is 0.417 e. The van der Waals surface area contributed by atoms with E-state index < -0.39 is 33.8 Å². The number of fused-ring (bicyclic) bond motifs is 1. The van der Waals surface area contributed by atoms with Crippen molar-refractivity contribution in [2.24, 2.45) is 0 Å². The molecule has 1 aliphatic heterocycles. The number of rotatable bonds is 10. The Morgan fingerprint density at radius 3 is 2.63 bits per heavy atom. The van der Waals surface area contributed by atoms with Crippen LogP contribution in [0.2, 0.25) is 5.02 Å². The van der Waals surface area contributed by atoms with Crippen LogP contribution in [0.25, 0.3) is 11.6 Å². The lowest BCUT2D eigenvalue weighted by atomic mass is 9.98. The molecular weight excluding hydrogens is 611 g/mol. The highest BCUT2D eigenvalue weighted by Gasteiger charge is 2.38. The van der Waals surface area contributed by atoms with Crippen molar-refractivity contribution in [3.8, 4) is 11.6 Å². The van der Waals surface area contributed by atoms with Crippen LogP contribution in [0.3, 0.4) is 0 Å². The molecule has 0 spiro atoms. The van der Waals surface area contributed by atoms with E-state index in [0.717, 1.165) is 10.4 Å². The fourth-order valence-electron chi connectivity index (χ4n) is 4.74. The molecule has 0 saturated heterocycles. The van der Waals surface area contributed by atoms with Crippen molar-refractivity contribution in [1.29, 1.82) is 0 Å². The first-order valence-electron chi connectivity index (χ1n) is 13.4. The lowest BCUT2D eigenvalue weighted by Crippen LogP contribution is -2.43. The second-order valence-corrected chi connectivity index (χ2v) is 11.9. The lowest BCUT2D eigenvalue weighted by molar-refractivity contribution is -0.141. The number of methoxy groups -OCH3 is 1. The molecule has 0 radical (unpaired) electrons. The van der Waals surface area contributed by atoms with E-state index in [9.17, 15) is 26.4 Å². The van der Waals surface area contributed by atoms with Crippen LogP contribution in [0.1, 0.15) is 50.3 Å². The third-order valence-electron chi connectivity index (χ3n) is 6.78. The van der Waals surface area contributed by atoms with E-state index in [2.05, 4.69) is 5.10 Å². The highest BCUT2D eigenvalue weighted by atomic mass is 35.5. The van der Waals surface area contributed by atoms with Gasteiger partial charge >= 0.3 is 12.1 Å². The van der Waals surface area contributed by atoms with Crippen molar-refractivity contribution in [3.63, 3.8) is 0 Å². The van der Waals surface area contributed by atoms with Crippen molar-refractivity contribution in [1.82, 2.24) is 9.78 Å². The van der Waals surface area contributed by atoms with Gasteiger partial charge in [-0.15, -0.1) is 5.10 Å². The number of aryl methyl sites for hydroxylation is 1. The molecule has 3 aromatic rings. The molecule has 232 valence electrons. The molecule has 0 amide bonds. The summed E-state index contributed by atoms with van der Waals surface area (Å²) in [5.41, 5.74) is -0.258. The Hall–Kier alpha value is -3.71. The standard InChI is InChI=1S/C29H31ClF3N3O6S/c1-5-35-17-25(28(34-35)41-6-2)43(38,39)36-16-20(11-13-26(37)40-4)42-24-12-10-19(15-23(24)36)14-18(3)27-21(29(31,32)33)8-7-9-22(27)30/h7-10,12,14-15,17,20H,5-6,11,13,16H2,1-4H3. The summed E-state index contributed by atoms with van der Waals surface area (Å²) in [6, 6.07) is 8.21. The van der Waals surface area contributed by atoms with E-state index in [1.54, 1.807) is 19.9 Å². The summed E-state index contributed by atoms with van der Waals surface area (Å²) in [5.74, 6) is -0.316. The van der Waals surface area contributed by atoms with E-state index in [-0.39, 0.29) is 64.4 Å². The third kappa shape index (κ3) is 6.93. The number of hydrogen-bond acceptors (Lipinski definition) is 7. The van der Waals surface area contributed by atoms with Crippen LogP contribution in [0.4, 0.5) is 18.9 Å². The molecule has 0 saturated carbocycles. The number of nitrogens with zero attached hydrogens (tertiary/aromatic N) is 3. The Kier molecular flexibility index (Phi) is 9.65. The SMILES string of the molecule is CCOc1nn(CC)cc1S(=O)(=O)N1CC(CCC(=O)OC)Oc2ccc(C=C(C)c3c(Cl)cccc3C(F)(F)F)cc21. The molecule has 0 bridgehead atoms. The molecule has 2 aromatic carbocycles. The van der Waals surface area contributed by atoms with Gasteiger partial charge < -0.3 is 14.2 Å². The molecule has 0 aliphatic carbocycles. The quantitative estimate of drug-likeness (QED) is 0.185. The van der Waals surface area contributed by atoms with Gasteiger partial charge in [-0.25, -0.2) is 8.42 Å². The highest BCUT2D eigenvalue weighted by Crippen LogP contribution is 2.42. The van der Waals surface area contributed by atoms with Crippen LogP contribution in [0.5, 0.6) is 11.6 Å². The van der Waals surface area contributed by atoms with Gasteiger partial charge in [-0.2, -0.15) is 13.2 Å². The maximum atomic E-state index is 14.2. The van der Waals surface area contributed by atoms with Crippen LogP contribution >= 0.6 is 11.6 Å². The summed E-state index contributed by atoms with van der Waals surface area (Å²) in [6.07, 6.45) is -2.28. The second kappa shape index (κ2) is 12.9. The number of ether oxygens (including phenoxy) is 3. The fraction of sp³-hybridized carbons (Fsp3) is 0.379. The van der Waals surface area contributed by atoms with Gasteiger partial charge in [0.25, 0.3) is 15.9 Å². The van der Waals surface area contributed by atoms with Gasteiger partial charge in [0.05, 0.1) is 31.5 Å². The summed E-state index contributed by atoms with van der Waals surface area (Å²) < 4.78 is 88.5. The van der Waals surface area contributed by atoms with Gasteiger partial charge in [0.2, 0.25) is 0 Å². The number of sulfonamides is 1. The zero-order valence-electron chi connectivity index (χ0n) is 23.9. The third-order valence-corrected chi connectivity index (χ3v) is 8.86. The Balaban J connectivity index is 1.82. The average molecular weight is 642 g/mol. The number of carbonyl (C=O) groups excluding carboxylic acids is 1. The van der Waals surface area contributed by atoms with E-state index in [1.165, 1.54) is 55.3 Å². The molecule has 1 unspecified atom stereocenters. The Bertz CT molecular complexity index is 1640. The largest absolute Gasteiger partial charge is 0.486 e. The van der Waals surface area contributed by atoms with Gasteiger partial charge in [-0.3, -0.25) is 13.8 Å². The van der Waals surface area contributed by atoms with E-state index in [1.807, 2.05) is 0 Å². The van der Waals surface area contributed by atoms with Crippen molar-refractivity contribution < 1.29 is 40.6 Å². The summed E-state index contributed by atoms with van der Waals surface area (Å²) in [6.45, 7) is 5.43. The summed E-state index contributed by atoms with van der Waals surface area (Å²) in [4.78, 5) is 11.6. The van der Waals surface area contributed by atoms with E-state index >= 15 is 0 Å². The molecule has 9 nitrogen and oxygen atoms in total. The minimum Gasteiger partial charge on any atom is -0.486 e. The number of benzene rings is 2. The molecule has 0 N–H and O–H groups in total. The van der Waals surface area contributed by atoms with Crippen molar-refractivity contribution in [3.05, 3.63) is 64.3 Å². The van der Waals surface area contributed by atoms with Crippen LogP contribution in [-0.2, 0) is 32.3 Å². The predicted octanol–water partition coefficient (Wildman–Crippen LogP) is 6.44. The van der Waals surface area contributed by atoms with E-state index in [0.29, 0.717) is 12.1 Å². The molecule has 1 atom stereocenters. The number of halogens is 4. The molecule has 43 heavy (non-hydrogen) atoms. The van der Waals surface area contributed by atoms with Crippen LogP contribution in [0, 0.1) is 0 Å². The number of alkyl halides is 3. The first kappa shape index (κ1) is 32.2. The molecule has 1 aliphatic rings. The summed E-state index contributed by atoms with van der Waals surface area (Å²) in [7, 11) is -3.03. The molecule has 1 aromatic heterocycles. The minimum absolute atomic E-state index is 0.00173. The van der Waals surface area contributed by atoms with Gasteiger partial charge in [0, 0.05) is 29.7 Å². The molecule has 4 rings (SSSR count). The van der Waals surface area contributed by atoms with Gasteiger partial charge in [-0.1, -0.05) is 29.8 Å². The van der Waals surface area contributed by atoms with Crippen LogP contribution in [0.15, 0.2) is 47.5 Å². The highest BCUT2D eigenvalue weighted by molar-refractivity contribution is 7.93. The fourth-order valence-corrected chi connectivity index (χ4v) is 6.64. The monoisotopic (exact) mass is 641 g/mol. The second-order valence-electron chi connectivity index (χ2n) is 9.69. The van der Waals surface area contributed by atoms with Gasteiger partial charge in [0.15, 0.2) is 4.90 Å². The van der Waals surface area contributed by atoms with Crippen LogP contribution in [-0.4, -0.2) is 50.5 Å². The van der Waals surface area contributed by atoms with Crippen molar-refractivity contribution in [2.75, 3.05) is 24.6 Å². The molecule has 14 heteroatoms. The Labute approximate surface area is 252 Å². The summed E-state index contributed by atoms with van der Waals surface area (Å²) in [5, 5.41) is 4.16. The first-order chi connectivity index (χ1) is 20.3. The number of hydrogen-bond donors (Lipinski definition) is 0. The zero-order chi connectivity index (χ0) is 31.5. The lowest BCUT2D eigenvalue weighted by Gasteiger charge is -2.35. The zero-order valence-corrected chi connectivity index (χ0v) is 25.5. The van der Waals surface area contributed by atoms with Crippen molar-refractivity contribution in [2.45, 2.75) is 57.3 Å². The maximum absolute atomic E-state index is 14.2. The number of carbonyl (C=O) groups is 1. The Morgan fingerprint density at radius 1 is 1.23 bits per heavy atom. The molecule has 2 heterocycles. The summed E-state index contributed by atoms with van der Waals surface area (Å²) >= 11 is 6.19. The Morgan fingerprint density at radius 2 is 1.98 bits per heavy atom.